The number of anilines is 1. The van der Waals surface area contributed by atoms with Gasteiger partial charge in [-0.2, -0.15) is 0 Å². The second-order valence-corrected chi connectivity index (χ2v) is 4.82. The van der Waals surface area contributed by atoms with Gasteiger partial charge in [0.25, 0.3) is 0 Å². The molecule has 1 saturated heterocycles. The van der Waals surface area contributed by atoms with E-state index in [1.165, 1.54) is 12.4 Å². The molecule has 0 radical (unpaired) electrons. The van der Waals surface area contributed by atoms with Crippen LogP contribution in [0.2, 0.25) is 0 Å². The maximum atomic E-state index is 10.8. The van der Waals surface area contributed by atoms with E-state index >= 15 is 0 Å². The maximum Gasteiger partial charge on any atom is 0.356 e. The van der Waals surface area contributed by atoms with Crippen LogP contribution in [0.15, 0.2) is 24.8 Å². The van der Waals surface area contributed by atoms with E-state index < -0.39 is 5.97 Å². The number of carboxylic acids is 1. The number of nitrogens with one attached hydrogen (secondary N) is 1. The van der Waals surface area contributed by atoms with Crippen molar-refractivity contribution >= 4 is 11.8 Å². The summed E-state index contributed by atoms with van der Waals surface area (Å²) >= 11 is 0. The minimum absolute atomic E-state index is 0.0339. The molecule has 0 spiro atoms. The van der Waals surface area contributed by atoms with Crippen LogP contribution in [0, 0.1) is 0 Å². The Bertz CT molecular complexity index is 581. The molecule has 2 aromatic rings. The van der Waals surface area contributed by atoms with Gasteiger partial charge in [-0.1, -0.05) is 0 Å². The number of piperidine rings is 1. The molecule has 3 rings (SSSR count). The molecule has 3 heterocycles. The molecule has 0 aliphatic carbocycles. The number of rotatable bonds is 3. The highest BCUT2D eigenvalue weighted by molar-refractivity contribution is 5.84. The van der Waals surface area contributed by atoms with Gasteiger partial charge < -0.3 is 15.0 Å². The smallest absolute Gasteiger partial charge is 0.356 e. The SMILES string of the molecule is O=C(O)c1cnc(N2CCCC(c3ncc[nH]3)C2)cn1. The molecule has 1 unspecified atom stereocenters. The van der Waals surface area contributed by atoms with Crippen LogP contribution in [0.4, 0.5) is 5.82 Å². The van der Waals surface area contributed by atoms with Crippen LogP contribution in [-0.4, -0.2) is 44.1 Å². The summed E-state index contributed by atoms with van der Waals surface area (Å²) in [6.07, 6.45) is 8.55. The average Bonchev–Trinajstić information content (AvgIpc) is 3.02. The van der Waals surface area contributed by atoms with Crippen LogP contribution in [0.25, 0.3) is 0 Å². The van der Waals surface area contributed by atoms with Crippen molar-refractivity contribution in [3.8, 4) is 0 Å². The third kappa shape index (κ3) is 2.47. The van der Waals surface area contributed by atoms with Crippen molar-refractivity contribution in [1.29, 1.82) is 0 Å². The fourth-order valence-electron chi connectivity index (χ4n) is 2.50. The van der Waals surface area contributed by atoms with Gasteiger partial charge in [0, 0.05) is 31.4 Å². The molecule has 2 N–H and O–H groups in total. The summed E-state index contributed by atoms with van der Waals surface area (Å²) in [5.74, 6) is 0.993. The zero-order valence-corrected chi connectivity index (χ0v) is 10.9. The largest absolute Gasteiger partial charge is 0.476 e. The zero-order valence-electron chi connectivity index (χ0n) is 10.9. The Morgan fingerprint density at radius 3 is 2.90 bits per heavy atom. The molecule has 1 atom stereocenters. The first kappa shape index (κ1) is 12.6. The summed E-state index contributed by atoms with van der Waals surface area (Å²) in [6, 6.07) is 0. The van der Waals surface area contributed by atoms with E-state index in [1.54, 1.807) is 6.20 Å². The standard InChI is InChI=1S/C13H15N5O2/c19-13(20)10-6-17-11(7-16-10)18-5-1-2-9(8-18)12-14-3-4-15-12/h3-4,6-7,9H,1-2,5,8H2,(H,14,15)(H,19,20). The molecule has 2 aromatic heterocycles. The third-order valence-electron chi connectivity index (χ3n) is 3.51. The van der Waals surface area contributed by atoms with Crippen LogP contribution >= 0.6 is 0 Å². The summed E-state index contributed by atoms with van der Waals surface area (Å²) < 4.78 is 0. The highest BCUT2D eigenvalue weighted by Crippen LogP contribution is 2.26. The quantitative estimate of drug-likeness (QED) is 0.874. The van der Waals surface area contributed by atoms with Crippen LogP contribution in [0.5, 0.6) is 0 Å². The number of aromatic amines is 1. The van der Waals surface area contributed by atoms with E-state index in [1.807, 2.05) is 6.20 Å². The van der Waals surface area contributed by atoms with Gasteiger partial charge in [0.1, 0.15) is 11.6 Å². The number of hydrogen-bond donors (Lipinski definition) is 2. The Kier molecular flexibility index (Phi) is 3.32. The van der Waals surface area contributed by atoms with Gasteiger partial charge in [-0.25, -0.2) is 19.7 Å². The van der Waals surface area contributed by atoms with Gasteiger partial charge in [-0.05, 0) is 12.8 Å². The first-order valence-corrected chi connectivity index (χ1v) is 6.53. The Balaban J connectivity index is 1.75. The Hall–Kier alpha value is -2.44. The summed E-state index contributed by atoms with van der Waals surface area (Å²) in [7, 11) is 0. The van der Waals surface area contributed by atoms with E-state index in [4.69, 9.17) is 5.11 Å². The van der Waals surface area contributed by atoms with Crippen molar-refractivity contribution in [1.82, 2.24) is 19.9 Å². The molecule has 7 heteroatoms. The molecule has 1 fully saturated rings. The lowest BCUT2D eigenvalue weighted by molar-refractivity contribution is 0.0690. The summed E-state index contributed by atoms with van der Waals surface area (Å²) in [4.78, 5) is 28.5. The number of aromatic nitrogens is 4. The molecule has 20 heavy (non-hydrogen) atoms. The van der Waals surface area contributed by atoms with Gasteiger partial charge in [0.05, 0.1) is 12.4 Å². The van der Waals surface area contributed by atoms with Gasteiger partial charge in [0.2, 0.25) is 0 Å². The van der Waals surface area contributed by atoms with Crippen molar-refractivity contribution < 1.29 is 9.90 Å². The fraction of sp³-hybridized carbons (Fsp3) is 0.385. The number of hydrogen-bond acceptors (Lipinski definition) is 5. The highest BCUT2D eigenvalue weighted by atomic mass is 16.4. The molecular formula is C13H15N5O2. The Morgan fingerprint density at radius 2 is 2.25 bits per heavy atom. The minimum atomic E-state index is -1.06. The van der Waals surface area contributed by atoms with E-state index in [0.717, 1.165) is 31.8 Å². The number of imidazole rings is 1. The predicted octanol–water partition coefficient (Wildman–Crippen LogP) is 1.28. The normalized spacial score (nSPS) is 19.0. The molecule has 104 valence electrons. The highest BCUT2D eigenvalue weighted by Gasteiger charge is 2.24. The van der Waals surface area contributed by atoms with Crippen LogP contribution in [0.3, 0.4) is 0 Å². The van der Waals surface area contributed by atoms with Crippen LogP contribution in [-0.2, 0) is 0 Å². The maximum absolute atomic E-state index is 10.8. The third-order valence-corrected chi connectivity index (χ3v) is 3.51. The molecule has 0 bridgehead atoms. The van der Waals surface area contributed by atoms with Crippen LogP contribution < -0.4 is 4.90 Å². The van der Waals surface area contributed by atoms with Gasteiger partial charge in [0.15, 0.2) is 5.69 Å². The minimum Gasteiger partial charge on any atom is -0.476 e. The Labute approximate surface area is 115 Å². The van der Waals surface area contributed by atoms with Crippen molar-refractivity contribution in [2.24, 2.45) is 0 Å². The van der Waals surface area contributed by atoms with Crippen LogP contribution in [0.1, 0.15) is 35.1 Å². The second kappa shape index (κ2) is 5.28. The molecular weight excluding hydrogens is 258 g/mol. The van der Waals surface area contributed by atoms with Gasteiger partial charge in [-0.3, -0.25) is 0 Å². The van der Waals surface area contributed by atoms with Crippen molar-refractivity contribution in [3.63, 3.8) is 0 Å². The van der Waals surface area contributed by atoms with Crippen molar-refractivity contribution in [3.05, 3.63) is 36.3 Å². The van der Waals surface area contributed by atoms with E-state index in [9.17, 15) is 4.79 Å². The average molecular weight is 273 g/mol. The molecule has 0 amide bonds. The molecule has 1 aliphatic rings. The lowest BCUT2D eigenvalue weighted by Crippen LogP contribution is -2.35. The zero-order chi connectivity index (χ0) is 13.9. The van der Waals surface area contributed by atoms with E-state index in [2.05, 4.69) is 24.8 Å². The van der Waals surface area contributed by atoms with Crippen molar-refractivity contribution in [2.45, 2.75) is 18.8 Å². The summed E-state index contributed by atoms with van der Waals surface area (Å²) in [5, 5.41) is 8.82. The molecule has 0 saturated carbocycles. The first-order valence-electron chi connectivity index (χ1n) is 6.53. The number of aromatic carboxylic acids is 1. The Morgan fingerprint density at radius 1 is 1.35 bits per heavy atom. The number of carboxylic acid groups (broad SMARTS) is 1. The number of nitrogens with zero attached hydrogens (tertiary/aromatic N) is 4. The van der Waals surface area contributed by atoms with Gasteiger partial charge >= 0.3 is 5.97 Å². The predicted molar refractivity (Wildman–Crippen MR) is 71.8 cm³/mol. The number of H-pyrrole nitrogens is 1. The van der Waals surface area contributed by atoms with Crippen molar-refractivity contribution in [2.75, 3.05) is 18.0 Å². The first-order chi connectivity index (χ1) is 9.74. The topological polar surface area (TPSA) is 95.0 Å². The van der Waals surface area contributed by atoms with Gasteiger partial charge in [-0.15, -0.1) is 0 Å². The van der Waals surface area contributed by atoms with E-state index in [-0.39, 0.29) is 5.69 Å². The summed E-state index contributed by atoms with van der Waals surface area (Å²) in [6.45, 7) is 1.72. The lowest BCUT2D eigenvalue weighted by atomic mass is 9.97. The molecule has 0 aromatic carbocycles. The summed E-state index contributed by atoms with van der Waals surface area (Å²) in [5.41, 5.74) is -0.0339. The lowest BCUT2D eigenvalue weighted by Gasteiger charge is -2.32. The second-order valence-electron chi connectivity index (χ2n) is 4.82. The van der Waals surface area contributed by atoms with E-state index in [0.29, 0.717) is 11.7 Å². The fourth-order valence-corrected chi connectivity index (χ4v) is 2.50. The number of carbonyl (C=O) groups is 1. The molecule has 7 nitrogen and oxygen atoms in total. The monoisotopic (exact) mass is 273 g/mol. The molecule has 1 aliphatic heterocycles.